The van der Waals surface area contributed by atoms with E-state index in [-0.39, 0.29) is 6.61 Å². The van der Waals surface area contributed by atoms with Crippen molar-refractivity contribution in [1.29, 1.82) is 0 Å². The van der Waals surface area contributed by atoms with Crippen molar-refractivity contribution in [3.05, 3.63) is 0 Å². The highest BCUT2D eigenvalue weighted by atomic mass is 16.3. The molecule has 3 heteroatoms. The molecule has 15 heavy (non-hydrogen) atoms. The van der Waals surface area contributed by atoms with E-state index in [4.69, 9.17) is 5.11 Å². The van der Waals surface area contributed by atoms with Gasteiger partial charge < -0.3 is 15.1 Å². The number of piperidine rings is 1. The molecule has 2 aliphatic rings. The van der Waals surface area contributed by atoms with E-state index in [9.17, 15) is 5.11 Å². The lowest BCUT2D eigenvalue weighted by Gasteiger charge is -2.41. The maximum absolute atomic E-state index is 9.41. The zero-order chi connectivity index (χ0) is 10.7. The number of nitrogens with zero attached hydrogens (tertiary/aromatic N) is 1. The number of aliphatic hydroxyl groups is 2. The molecule has 1 aliphatic carbocycles. The van der Waals surface area contributed by atoms with E-state index in [0.29, 0.717) is 6.54 Å². The number of β-amino-alcohol motifs (C(OH)–C–C–N with tert-alkyl or cyclic N) is 1. The van der Waals surface area contributed by atoms with Gasteiger partial charge in [0.25, 0.3) is 0 Å². The fourth-order valence-corrected chi connectivity index (χ4v) is 3.20. The molecule has 0 bridgehead atoms. The Hall–Kier alpha value is -0.120. The minimum absolute atomic E-state index is 0.107. The smallest absolute Gasteiger partial charge is 0.0897 e. The SMILES string of the molecule is OCC(O)CN1CCC2CCCCC2C1. The molecule has 2 N–H and O–H groups in total. The molecule has 3 nitrogen and oxygen atoms in total. The molecule has 1 aliphatic heterocycles. The zero-order valence-electron chi connectivity index (χ0n) is 9.44. The third-order valence-corrected chi connectivity index (χ3v) is 4.06. The lowest BCUT2D eigenvalue weighted by molar-refractivity contribution is 0.0233. The second-order valence-electron chi connectivity index (χ2n) is 5.19. The normalized spacial score (nSPS) is 34.8. The number of hydrogen-bond acceptors (Lipinski definition) is 3. The summed E-state index contributed by atoms with van der Waals surface area (Å²) in [6.07, 6.45) is 6.34. The first kappa shape index (κ1) is 11.4. The molecule has 2 rings (SSSR count). The van der Waals surface area contributed by atoms with Gasteiger partial charge in [0.1, 0.15) is 0 Å². The average Bonchev–Trinajstić information content (AvgIpc) is 2.29. The van der Waals surface area contributed by atoms with Crippen molar-refractivity contribution in [1.82, 2.24) is 4.90 Å². The number of aliphatic hydroxyl groups excluding tert-OH is 2. The van der Waals surface area contributed by atoms with Crippen LogP contribution in [0.25, 0.3) is 0 Å². The Morgan fingerprint density at radius 3 is 2.60 bits per heavy atom. The van der Waals surface area contributed by atoms with E-state index in [2.05, 4.69) is 4.90 Å². The quantitative estimate of drug-likeness (QED) is 0.730. The molecule has 1 heterocycles. The van der Waals surface area contributed by atoms with Crippen molar-refractivity contribution < 1.29 is 10.2 Å². The predicted octanol–water partition coefficient (Wildman–Crippen LogP) is 0.852. The van der Waals surface area contributed by atoms with Gasteiger partial charge in [0.05, 0.1) is 12.7 Å². The van der Waals surface area contributed by atoms with Gasteiger partial charge in [-0.1, -0.05) is 19.3 Å². The Bertz CT molecular complexity index is 198. The van der Waals surface area contributed by atoms with E-state index in [1.54, 1.807) is 0 Å². The molecule has 0 amide bonds. The van der Waals surface area contributed by atoms with Gasteiger partial charge >= 0.3 is 0 Å². The molecular formula is C12H23NO2. The first-order chi connectivity index (χ1) is 7.29. The van der Waals surface area contributed by atoms with Gasteiger partial charge in [0.15, 0.2) is 0 Å². The summed E-state index contributed by atoms with van der Waals surface area (Å²) in [4.78, 5) is 2.33. The Morgan fingerprint density at radius 1 is 1.13 bits per heavy atom. The van der Waals surface area contributed by atoms with Crippen molar-refractivity contribution in [2.75, 3.05) is 26.2 Å². The van der Waals surface area contributed by atoms with Gasteiger partial charge in [0, 0.05) is 13.1 Å². The molecule has 3 unspecified atom stereocenters. The Morgan fingerprint density at radius 2 is 1.87 bits per heavy atom. The fourth-order valence-electron chi connectivity index (χ4n) is 3.20. The van der Waals surface area contributed by atoms with Gasteiger partial charge in [-0.05, 0) is 31.2 Å². The molecule has 88 valence electrons. The van der Waals surface area contributed by atoms with Crippen LogP contribution in [0.4, 0.5) is 0 Å². The zero-order valence-corrected chi connectivity index (χ0v) is 9.44. The van der Waals surface area contributed by atoms with E-state index in [1.807, 2.05) is 0 Å². The van der Waals surface area contributed by atoms with Crippen LogP contribution < -0.4 is 0 Å². The Balaban J connectivity index is 1.80. The number of likely N-dealkylation sites (tertiary alicyclic amines) is 1. The number of fused-ring (bicyclic) bond motifs is 1. The van der Waals surface area contributed by atoms with Gasteiger partial charge in [-0.25, -0.2) is 0 Å². The molecule has 0 radical (unpaired) electrons. The lowest BCUT2D eigenvalue weighted by Crippen LogP contribution is -2.45. The molecule has 3 atom stereocenters. The molecule has 0 aromatic carbocycles. The summed E-state index contributed by atoms with van der Waals surface area (Å²) in [5, 5.41) is 18.2. The van der Waals surface area contributed by atoms with Crippen molar-refractivity contribution >= 4 is 0 Å². The summed E-state index contributed by atoms with van der Waals surface area (Å²) in [5.41, 5.74) is 0. The van der Waals surface area contributed by atoms with Crippen LogP contribution in [-0.2, 0) is 0 Å². The van der Waals surface area contributed by atoms with E-state index >= 15 is 0 Å². The molecule has 1 saturated carbocycles. The van der Waals surface area contributed by atoms with Crippen LogP contribution >= 0.6 is 0 Å². The molecule has 0 spiro atoms. The van der Waals surface area contributed by atoms with Gasteiger partial charge in [0.2, 0.25) is 0 Å². The third-order valence-electron chi connectivity index (χ3n) is 4.06. The molecule has 0 aromatic rings. The topological polar surface area (TPSA) is 43.7 Å². The standard InChI is InChI=1S/C12H23NO2/c14-9-12(15)8-13-6-5-10-3-1-2-4-11(10)7-13/h10-12,14-15H,1-9H2. The van der Waals surface area contributed by atoms with Crippen LogP contribution in [0.1, 0.15) is 32.1 Å². The van der Waals surface area contributed by atoms with E-state index in [0.717, 1.165) is 24.9 Å². The largest absolute Gasteiger partial charge is 0.394 e. The van der Waals surface area contributed by atoms with Crippen molar-refractivity contribution in [3.63, 3.8) is 0 Å². The maximum atomic E-state index is 9.41. The maximum Gasteiger partial charge on any atom is 0.0897 e. The predicted molar refractivity (Wildman–Crippen MR) is 59.6 cm³/mol. The molecule has 1 saturated heterocycles. The highest BCUT2D eigenvalue weighted by Gasteiger charge is 2.31. The summed E-state index contributed by atoms with van der Waals surface area (Å²) >= 11 is 0. The van der Waals surface area contributed by atoms with E-state index in [1.165, 1.54) is 32.1 Å². The number of hydrogen-bond donors (Lipinski definition) is 2. The molecule has 0 aromatic heterocycles. The second kappa shape index (κ2) is 5.28. The average molecular weight is 213 g/mol. The molecular weight excluding hydrogens is 190 g/mol. The summed E-state index contributed by atoms with van der Waals surface area (Å²) in [6, 6.07) is 0. The third kappa shape index (κ3) is 2.92. The van der Waals surface area contributed by atoms with Crippen LogP contribution in [0.3, 0.4) is 0 Å². The van der Waals surface area contributed by atoms with Crippen molar-refractivity contribution in [2.24, 2.45) is 11.8 Å². The van der Waals surface area contributed by atoms with Crippen molar-refractivity contribution in [3.8, 4) is 0 Å². The van der Waals surface area contributed by atoms with Gasteiger partial charge in [-0.3, -0.25) is 0 Å². The minimum atomic E-state index is -0.551. The van der Waals surface area contributed by atoms with Gasteiger partial charge in [-0.15, -0.1) is 0 Å². The lowest BCUT2D eigenvalue weighted by atomic mass is 9.75. The van der Waals surface area contributed by atoms with Crippen LogP contribution in [0.5, 0.6) is 0 Å². The highest BCUT2D eigenvalue weighted by Crippen LogP contribution is 2.35. The summed E-state index contributed by atoms with van der Waals surface area (Å²) in [7, 11) is 0. The summed E-state index contributed by atoms with van der Waals surface area (Å²) < 4.78 is 0. The minimum Gasteiger partial charge on any atom is -0.394 e. The van der Waals surface area contributed by atoms with Crippen LogP contribution in [0.2, 0.25) is 0 Å². The second-order valence-corrected chi connectivity index (χ2v) is 5.19. The van der Waals surface area contributed by atoms with Crippen molar-refractivity contribution in [2.45, 2.75) is 38.2 Å². The monoisotopic (exact) mass is 213 g/mol. The first-order valence-electron chi connectivity index (χ1n) is 6.31. The highest BCUT2D eigenvalue weighted by molar-refractivity contribution is 4.84. The fraction of sp³-hybridized carbons (Fsp3) is 1.00. The first-order valence-corrected chi connectivity index (χ1v) is 6.31. The molecule has 2 fully saturated rings. The summed E-state index contributed by atoms with van der Waals surface area (Å²) in [6.45, 7) is 2.80. The summed E-state index contributed by atoms with van der Waals surface area (Å²) in [5.74, 6) is 1.81. The van der Waals surface area contributed by atoms with Crippen LogP contribution in [-0.4, -0.2) is 47.5 Å². The van der Waals surface area contributed by atoms with Crippen LogP contribution in [0, 0.1) is 11.8 Å². The number of rotatable bonds is 3. The van der Waals surface area contributed by atoms with Gasteiger partial charge in [-0.2, -0.15) is 0 Å². The van der Waals surface area contributed by atoms with E-state index < -0.39 is 6.10 Å². The van der Waals surface area contributed by atoms with Crippen LogP contribution in [0.15, 0.2) is 0 Å². The Labute approximate surface area is 92.1 Å². The Kier molecular flexibility index (Phi) is 4.00.